The fourth-order valence-electron chi connectivity index (χ4n) is 4.19. The Balaban J connectivity index is 1.33. The van der Waals surface area contributed by atoms with E-state index < -0.39 is 0 Å². The molecule has 166 valence electrons. The van der Waals surface area contributed by atoms with Crippen LogP contribution < -0.4 is 14.8 Å². The first-order valence-electron chi connectivity index (χ1n) is 10.7. The molecule has 0 radical (unpaired) electrons. The fourth-order valence-corrected chi connectivity index (χ4v) is 4.19. The van der Waals surface area contributed by atoms with Crippen molar-refractivity contribution >= 4 is 11.7 Å². The number of amides is 1. The Bertz CT molecular complexity index is 1040. The SMILES string of the molecule is C[C@@H](C(=O)Nc1cnc(Oc2ccc(F)cc2)cn1)[C@H]1CCC[C@@H](c2cc[n+]([O-])cc2)C1. The number of halogens is 1. The molecule has 3 aromatic rings. The molecule has 0 bridgehead atoms. The zero-order valence-corrected chi connectivity index (χ0v) is 17.8. The van der Waals surface area contributed by atoms with Crippen LogP contribution in [-0.4, -0.2) is 15.9 Å². The predicted octanol–water partition coefficient (Wildman–Crippen LogP) is 4.59. The Morgan fingerprint density at radius 2 is 1.91 bits per heavy atom. The minimum atomic E-state index is -0.348. The summed E-state index contributed by atoms with van der Waals surface area (Å²) in [6.07, 6.45) is 9.92. The molecule has 2 aromatic heterocycles. The maximum Gasteiger partial charge on any atom is 0.237 e. The molecule has 32 heavy (non-hydrogen) atoms. The maximum atomic E-state index is 13.0. The van der Waals surface area contributed by atoms with Crippen LogP contribution in [0.15, 0.2) is 61.2 Å². The van der Waals surface area contributed by atoms with Crippen LogP contribution in [0.3, 0.4) is 0 Å². The van der Waals surface area contributed by atoms with Gasteiger partial charge < -0.3 is 15.3 Å². The molecule has 8 heteroatoms. The third kappa shape index (κ3) is 5.38. The Labute approximate surface area is 185 Å². The van der Waals surface area contributed by atoms with Crippen LogP contribution in [0.4, 0.5) is 10.2 Å². The van der Waals surface area contributed by atoms with E-state index in [1.807, 2.05) is 19.1 Å². The van der Waals surface area contributed by atoms with E-state index in [4.69, 9.17) is 4.74 Å². The second-order valence-electron chi connectivity index (χ2n) is 8.19. The van der Waals surface area contributed by atoms with Crippen molar-refractivity contribution in [2.24, 2.45) is 11.8 Å². The van der Waals surface area contributed by atoms with Crippen molar-refractivity contribution in [3.05, 3.63) is 77.8 Å². The van der Waals surface area contributed by atoms with Gasteiger partial charge in [-0.1, -0.05) is 13.3 Å². The van der Waals surface area contributed by atoms with Crippen molar-refractivity contribution in [2.45, 2.75) is 38.5 Å². The Hall–Kier alpha value is -3.55. The molecule has 1 aliphatic rings. The van der Waals surface area contributed by atoms with Crippen LogP contribution in [0.25, 0.3) is 0 Å². The highest BCUT2D eigenvalue weighted by atomic mass is 19.1. The van der Waals surface area contributed by atoms with E-state index in [0.29, 0.717) is 17.5 Å². The summed E-state index contributed by atoms with van der Waals surface area (Å²) in [7, 11) is 0. The second-order valence-corrected chi connectivity index (χ2v) is 8.19. The lowest BCUT2D eigenvalue weighted by Crippen LogP contribution is -2.30. The molecular weight excluding hydrogens is 411 g/mol. The summed E-state index contributed by atoms with van der Waals surface area (Å²) >= 11 is 0. The lowest BCUT2D eigenvalue weighted by molar-refractivity contribution is -0.605. The van der Waals surface area contributed by atoms with Gasteiger partial charge in [0.15, 0.2) is 18.2 Å². The number of nitrogens with one attached hydrogen (secondary N) is 1. The summed E-state index contributed by atoms with van der Waals surface area (Å²) in [4.78, 5) is 21.2. The van der Waals surface area contributed by atoms with Gasteiger partial charge in [0, 0.05) is 18.1 Å². The average molecular weight is 436 g/mol. The van der Waals surface area contributed by atoms with E-state index in [0.717, 1.165) is 36.0 Å². The van der Waals surface area contributed by atoms with Gasteiger partial charge in [0.2, 0.25) is 11.8 Å². The Morgan fingerprint density at radius 3 is 2.59 bits per heavy atom. The summed E-state index contributed by atoms with van der Waals surface area (Å²) in [5.74, 6) is 1.03. The largest absolute Gasteiger partial charge is 0.619 e. The number of pyridine rings is 1. The van der Waals surface area contributed by atoms with Gasteiger partial charge in [-0.05, 0) is 60.9 Å². The quantitative estimate of drug-likeness (QED) is 0.451. The molecule has 4 rings (SSSR count). The monoisotopic (exact) mass is 436 g/mol. The highest BCUT2D eigenvalue weighted by Crippen LogP contribution is 2.39. The molecule has 0 saturated heterocycles. The van der Waals surface area contributed by atoms with Crippen LogP contribution in [0.2, 0.25) is 0 Å². The minimum absolute atomic E-state index is 0.0948. The van der Waals surface area contributed by atoms with E-state index in [9.17, 15) is 14.4 Å². The Morgan fingerprint density at radius 1 is 1.16 bits per heavy atom. The Kier molecular flexibility index (Phi) is 6.58. The zero-order chi connectivity index (χ0) is 22.5. The van der Waals surface area contributed by atoms with Crippen molar-refractivity contribution in [1.82, 2.24) is 9.97 Å². The van der Waals surface area contributed by atoms with Crippen LogP contribution >= 0.6 is 0 Å². The smallest absolute Gasteiger partial charge is 0.237 e. The van der Waals surface area contributed by atoms with Crippen molar-refractivity contribution in [2.75, 3.05) is 5.32 Å². The molecule has 0 spiro atoms. The van der Waals surface area contributed by atoms with Crippen LogP contribution in [0.5, 0.6) is 11.6 Å². The number of nitrogens with zero attached hydrogens (tertiary/aromatic N) is 3. The highest BCUT2D eigenvalue weighted by Gasteiger charge is 2.31. The van der Waals surface area contributed by atoms with Crippen molar-refractivity contribution in [1.29, 1.82) is 0 Å². The van der Waals surface area contributed by atoms with Crippen molar-refractivity contribution < 1.29 is 18.7 Å². The van der Waals surface area contributed by atoms with E-state index in [2.05, 4.69) is 15.3 Å². The van der Waals surface area contributed by atoms with E-state index in [1.165, 1.54) is 49.1 Å². The maximum absolute atomic E-state index is 13.0. The molecule has 3 atom stereocenters. The summed E-state index contributed by atoms with van der Waals surface area (Å²) in [6.45, 7) is 1.94. The molecule has 1 aliphatic carbocycles. The van der Waals surface area contributed by atoms with E-state index >= 15 is 0 Å². The first-order chi connectivity index (χ1) is 15.5. The van der Waals surface area contributed by atoms with Gasteiger partial charge >= 0.3 is 0 Å². The van der Waals surface area contributed by atoms with Crippen molar-refractivity contribution in [3.8, 4) is 11.6 Å². The first-order valence-corrected chi connectivity index (χ1v) is 10.7. The number of carbonyl (C=O) groups excluding carboxylic acids is 1. The van der Waals surface area contributed by atoms with Gasteiger partial charge in [0.25, 0.3) is 0 Å². The molecule has 1 aromatic carbocycles. The van der Waals surface area contributed by atoms with Gasteiger partial charge in [-0.25, -0.2) is 14.4 Å². The normalized spacial score (nSPS) is 19.2. The number of benzene rings is 1. The van der Waals surface area contributed by atoms with Crippen LogP contribution in [-0.2, 0) is 4.79 Å². The van der Waals surface area contributed by atoms with Gasteiger partial charge in [-0.3, -0.25) is 4.79 Å². The topological polar surface area (TPSA) is 91.0 Å². The van der Waals surface area contributed by atoms with E-state index in [-0.39, 0.29) is 29.4 Å². The van der Waals surface area contributed by atoms with Crippen LogP contribution in [0, 0.1) is 22.9 Å². The standard InChI is InChI=1S/C24H25FN4O3/c1-16(18-3-2-4-19(13-18)17-9-11-29(31)12-10-17)24(30)28-22-14-27-23(15-26-22)32-21-7-5-20(25)6-8-21/h5-12,14-16,18-19H,2-4,13H2,1H3,(H,26,28,30)/t16-,18+,19-/m1/s1. The third-order valence-electron chi connectivity index (χ3n) is 6.05. The second kappa shape index (κ2) is 9.72. The molecule has 1 N–H and O–H groups in total. The molecule has 1 saturated carbocycles. The van der Waals surface area contributed by atoms with Gasteiger partial charge in [0.05, 0.1) is 12.4 Å². The minimum Gasteiger partial charge on any atom is -0.619 e. The van der Waals surface area contributed by atoms with Gasteiger partial charge in [-0.2, -0.15) is 4.73 Å². The lowest BCUT2D eigenvalue weighted by Gasteiger charge is -2.32. The number of aromatic nitrogens is 3. The molecule has 7 nitrogen and oxygen atoms in total. The predicted molar refractivity (Wildman–Crippen MR) is 116 cm³/mol. The number of hydrogen-bond acceptors (Lipinski definition) is 5. The lowest BCUT2D eigenvalue weighted by atomic mass is 9.73. The molecule has 0 unspecified atom stereocenters. The molecule has 1 amide bonds. The van der Waals surface area contributed by atoms with Gasteiger partial charge in [-0.15, -0.1) is 0 Å². The first kappa shape index (κ1) is 21.7. The summed E-state index contributed by atoms with van der Waals surface area (Å²) < 4.78 is 19.3. The van der Waals surface area contributed by atoms with Crippen molar-refractivity contribution in [3.63, 3.8) is 0 Å². The molecule has 1 fully saturated rings. The summed E-state index contributed by atoms with van der Waals surface area (Å²) in [6, 6.07) is 9.34. The number of ether oxygens (including phenoxy) is 1. The third-order valence-corrected chi connectivity index (χ3v) is 6.05. The number of rotatable bonds is 6. The average Bonchev–Trinajstić information content (AvgIpc) is 2.82. The summed E-state index contributed by atoms with van der Waals surface area (Å²) in [5.41, 5.74) is 1.15. The number of hydrogen-bond donors (Lipinski definition) is 1. The molecular formula is C24H25FN4O3. The van der Waals surface area contributed by atoms with Gasteiger partial charge in [0.1, 0.15) is 11.6 Å². The zero-order valence-electron chi connectivity index (χ0n) is 17.8. The number of anilines is 1. The number of carbonyl (C=O) groups is 1. The highest BCUT2D eigenvalue weighted by molar-refractivity contribution is 5.91. The molecule has 2 heterocycles. The molecule has 0 aliphatic heterocycles. The van der Waals surface area contributed by atoms with E-state index in [1.54, 1.807) is 0 Å². The fraction of sp³-hybridized carbons (Fsp3) is 0.333. The van der Waals surface area contributed by atoms with Crippen LogP contribution in [0.1, 0.15) is 44.1 Å². The summed E-state index contributed by atoms with van der Waals surface area (Å²) in [5, 5.41) is 14.1.